The van der Waals surface area contributed by atoms with E-state index in [4.69, 9.17) is 10.5 Å². The Morgan fingerprint density at radius 3 is 3.00 bits per heavy atom. The van der Waals surface area contributed by atoms with Gasteiger partial charge in [0, 0.05) is 17.4 Å². The molecule has 90 valence electrons. The van der Waals surface area contributed by atoms with Crippen molar-refractivity contribution in [3.8, 4) is 0 Å². The summed E-state index contributed by atoms with van der Waals surface area (Å²) in [5.41, 5.74) is 7.48. The van der Waals surface area contributed by atoms with Crippen molar-refractivity contribution in [2.45, 2.75) is 39.2 Å². The lowest BCUT2D eigenvalue weighted by Gasteiger charge is -2.26. The first kappa shape index (κ1) is 12.0. The minimum atomic E-state index is 0.0595. The van der Waals surface area contributed by atoms with Crippen LogP contribution < -0.4 is 5.73 Å². The molecule has 2 atom stereocenters. The summed E-state index contributed by atoms with van der Waals surface area (Å²) in [7, 11) is 0. The van der Waals surface area contributed by atoms with Gasteiger partial charge in [0.15, 0.2) is 0 Å². The molecule has 1 aliphatic heterocycles. The van der Waals surface area contributed by atoms with Gasteiger partial charge in [-0.3, -0.25) is 0 Å². The van der Waals surface area contributed by atoms with Crippen LogP contribution in [-0.2, 0) is 11.2 Å². The lowest BCUT2D eigenvalue weighted by Crippen LogP contribution is -2.28. The third-order valence-corrected chi connectivity index (χ3v) is 4.35. The van der Waals surface area contributed by atoms with Gasteiger partial charge >= 0.3 is 0 Å². The Bertz CT molecular complexity index is 345. The van der Waals surface area contributed by atoms with Gasteiger partial charge in [-0.1, -0.05) is 6.92 Å². The van der Waals surface area contributed by atoms with Crippen molar-refractivity contribution in [1.29, 1.82) is 0 Å². The highest BCUT2D eigenvalue weighted by Crippen LogP contribution is 2.30. The minimum Gasteiger partial charge on any atom is -0.381 e. The van der Waals surface area contributed by atoms with Crippen LogP contribution in [-0.4, -0.2) is 18.2 Å². The summed E-state index contributed by atoms with van der Waals surface area (Å²) in [5.74, 6) is 0.448. The highest BCUT2D eigenvalue weighted by molar-refractivity contribution is 7.11. The van der Waals surface area contributed by atoms with Crippen LogP contribution in [0, 0.1) is 12.8 Å². The molecule has 0 saturated carbocycles. The SMILES string of the molecule is CCc1nc(C(N)C2CCCOC2)sc1C. The summed E-state index contributed by atoms with van der Waals surface area (Å²) < 4.78 is 5.48. The average Bonchev–Trinajstić information content (AvgIpc) is 2.71. The predicted octanol–water partition coefficient (Wildman–Crippen LogP) is 2.44. The zero-order chi connectivity index (χ0) is 11.5. The normalized spacial score (nSPS) is 23.3. The van der Waals surface area contributed by atoms with Crippen LogP contribution in [0.4, 0.5) is 0 Å². The quantitative estimate of drug-likeness (QED) is 0.882. The van der Waals surface area contributed by atoms with Crippen molar-refractivity contribution >= 4 is 11.3 Å². The Balaban J connectivity index is 2.09. The number of ether oxygens (including phenoxy) is 1. The van der Waals surface area contributed by atoms with Crippen LogP contribution in [0.2, 0.25) is 0 Å². The molecule has 2 heterocycles. The highest BCUT2D eigenvalue weighted by atomic mass is 32.1. The van der Waals surface area contributed by atoms with E-state index in [1.807, 2.05) is 0 Å². The second kappa shape index (κ2) is 5.25. The maximum atomic E-state index is 6.27. The monoisotopic (exact) mass is 240 g/mol. The molecule has 1 aromatic heterocycles. The summed E-state index contributed by atoms with van der Waals surface area (Å²) in [5, 5.41) is 1.09. The number of rotatable bonds is 3. The van der Waals surface area contributed by atoms with Crippen LogP contribution in [0.5, 0.6) is 0 Å². The van der Waals surface area contributed by atoms with Gasteiger partial charge in [-0.25, -0.2) is 4.98 Å². The molecule has 0 amide bonds. The number of hydrogen-bond acceptors (Lipinski definition) is 4. The minimum absolute atomic E-state index is 0.0595. The second-order valence-electron chi connectivity index (χ2n) is 4.41. The van der Waals surface area contributed by atoms with Gasteiger partial charge in [0.2, 0.25) is 0 Å². The number of aryl methyl sites for hydroxylation is 2. The Hall–Kier alpha value is -0.450. The van der Waals surface area contributed by atoms with Crippen molar-refractivity contribution in [2.24, 2.45) is 11.7 Å². The lowest BCUT2D eigenvalue weighted by molar-refractivity contribution is 0.0447. The Morgan fingerprint density at radius 1 is 1.62 bits per heavy atom. The molecule has 0 aliphatic carbocycles. The smallest absolute Gasteiger partial charge is 0.110 e. The molecule has 0 aromatic carbocycles. The number of nitrogens with zero attached hydrogens (tertiary/aromatic N) is 1. The van der Waals surface area contributed by atoms with Gasteiger partial charge in [-0.05, 0) is 26.2 Å². The fourth-order valence-corrected chi connectivity index (χ4v) is 3.28. The molecule has 0 spiro atoms. The van der Waals surface area contributed by atoms with E-state index in [1.165, 1.54) is 17.0 Å². The summed E-state index contributed by atoms with van der Waals surface area (Å²) in [6.45, 7) is 5.95. The van der Waals surface area contributed by atoms with Crippen molar-refractivity contribution in [1.82, 2.24) is 4.98 Å². The molecular weight excluding hydrogens is 220 g/mol. The molecule has 1 aliphatic rings. The number of thiazole rings is 1. The fraction of sp³-hybridized carbons (Fsp3) is 0.750. The third kappa shape index (κ3) is 2.44. The Kier molecular flexibility index (Phi) is 3.95. The van der Waals surface area contributed by atoms with Crippen molar-refractivity contribution in [3.63, 3.8) is 0 Å². The van der Waals surface area contributed by atoms with E-state index >= 15 is 0 Å². The van der Waals surface area contributed by atoms with E-state index in [0.717, 1.165) is 31.1 Å². The zero-order valence-electron chi connectivity index (χ0n) is 10.0. The number of nitrogens with two attached hydrogens (primary N) is 1. The van der Waals surface area contributed by atoms with Crippen molar-refractivity contribution in [3.05, 3.63) is 15.6 Å². The van der Waals surface area contributed by atoms with Gasteiger partial charge in [0.1, 0.15) is 5.01 Å². The molecule has 2 N–H and O–H groups in total. The molecule has 2 unspecified atom stereocenters. The van der Waals surface area contributed by atoms with E-state index < -0.39 is 0 Å². The number of hydrogen-bond donors (Lipinski definition) is 1. The van der Waals surface area contributed by atoms with Crippen molar-refractivity contribution in [2.75, 3.05) is 13.2 Å². The summed E-state index contributed by atoms with van der Waals surface area (Å²) in [4.78, 5) is 5.95. The van der Waals surface area contributed by atoms with Gasteiger partial charge in [0.05, 0.1) is 18.3 Å². The fourth-order valence-electron chi connectivity index (χ4n) is 2.17. The van der Waals surface area contributed by atoms with Gasteiger partial charge in [-0.2, -0.15) is 0 Å². The summed E-state index contributed by atoms with van der Waals surface area (Å²) in [6.07, 6.45) is 3.29. The molecule has 1 aromatic rings. The molecule has 0 radical (unpaired) electrons. The summed E-state index contributed by atoms with van der Waals surface area (Å²) in [6, 6.07) is 0.0595. The largest absolute Gasteiger partial charge is 0.381 e. The first-order chi connectivity index (χ1) is 7.72. The van der Waals surface area contributed by atoms with Gasteiger partial charge in [-0.15, -0.1) is 11.3 Å². The average molecular weight is 240 g/mol. The first-order valence-electron chi connectivity index (χ1n) is 6.02. The molecule has 16 heavy (non-hydrogen) atoms. The standard InChI is InChI=1S/C12H20N2OS/c1-3-10-8(2)16-12(14-10)11(13)9-5-4-6-15-7-9/h9,11H,3-7,13H2,1-2H3. The molecule has 2 rings (SSSR count). The third-order valence-electron chi connectivity index (χ3n) is 3.23. The van der Waals surface area contributed by atoms with Crippen molar-refractivity contribution < 1.29 is 4.74 Å². The molecule has 1 saturated heterocycles. The second-order valence-corrected chi connectivity index (χ2v) is 5.65. The van der Waals surface area contributed by atoms with E-state index in [1.54, 1.807) is 11.3 Å². The van der Waals surface area contributed by atoms with E-state index in [9.17, 15) is 0 Å². The van der Waals surface area contributed by atoms with Crippen LogP contribution in [0.15, 0.2) is 0 Å². The van der Waals surface area contributed by atoms with Crippen LogP contribution >= 0.6 is 11.3 Å². The number of aromatic nitrogens is 1. The first-order valence-corrected chi connectivity index (χ1v) is 6.83. The molecule has 4 heteroatoms. The molecule has 3 nitrogen and oxygen atoms in total. The maximum Gasteiger partial charge on any atom is 0.110 e. The zero-order valence-corrected chi connectivity index (χ0v) is 10.8. The van der Waals surface area contributed by atoms with Crippen LogP contribution in [0.3, 0.4) is 0 Å². The Morgan fingerprint density at radius 2 is 2.44 bits per heavy atom. The van der Waals surface area contributed by atoms with Crippen LogP contribution in [0.1, 0.15) is 41.4 Å². The molecule has 1 fully saturated rings. The predicted molar refractivity (Wildman–Crippen MR) is 66.7 cm³/mol. The van der Waals surface area contributed by atoms with E-state index in [2.05, 4.69) is 18.8 Å². The van der Waals surface area contributed by atoms with Gasteiger partial charge < -0.3 is 10.5 Å². The van der Waals surface area contributed by atoms with E-state index in [-0.39, 0.29) is 6.04 Å². The molecule has 0 bridgehead atoms. The lowest BCUT2D eigenvalue weighted by atomic mass is 9.95. The summed E-state index contributed by atoms with van der Waals surface area (Å²) >= 11 is 1.75. The Labute approximate surface area is 101 Å². The topological polar surface area (TPSA) is 48.1 Å². The maximum absolute atomic E-state index is 6.27. The van der Waals surface area contributed by atoms with Crippen LogP contribution in [0.25, 0.3) is 0 Å². The van der Waals surface area contributed by atoms with E-state index in [0.29, 0.717) is 5.92 Å². The molecular formula is C12H20N2OS. The van der Waals surface area contributed by atoms with Gasteiger partial charge in [0.25, 0.3) is 0 Å². The highest BCUT2D eigenvalue weighted by Gasteiger charge is 2.25.